The standard InChI is InChI=1S/C8H17NO/c1-3-9-5-4-8(6-9)7-10-2/h8H,3-7H2,1-2H3. The molecule has 0 aliphatic carbocycles. The molecule has 0 spiro atoms. The van der Waals surface area contributed by atoms with Crippen molar-refractivity contribution in [1.82, 2.24) is 4.90 Å². The van der Waals surface area contributed by atoms with Gasteiger partial charge in [0.15, 0.2) is 0 Å². The van der Waals surface area contributed by atoms with Crippen molar-refractivity contribution in [1.29, 1.82) is 0 Å². The van der Waals surface area contributed by atoms with E-state index in [-0.39, 0.29) is 0 Å². The zero-order valence-electron chi connectivity index (χ0n) is 6.97. The van der Waals surface area contributed by atoms with Gasteiger partial charge in [-0.05, 0) is 25.4 Å². The minimum Gasteiger partial charge on any atom is -0.384 e. The van der Waals surface area contributed by atoms with E-state index in [4.69, 9.17) is 4.74 Å². The fourth-order valence-corrected chi connectivity index (χ4v) is 1.57. The smallest absolute Gasteiger partial charge is 0.0503 e. The lowest BCUT2D eigenvalue weighted by Crippen LogP contribution is -2.20. The van der Waals surface area contributed by atoms with Crippen LogP contribution < -0.4 is 0 Å². The van der Waals surface area contributed by atoms with E-state index in [9.17, 15) is 0 Å². The molecular formula is C8H17NO. The number of rotatable bonds is 3. The summed E-state index contributed by atoms with van der Waals surface area (Å²) in [7, 11) is 1.79. The molecule has 1 unspecified atom stereocenters. The van der Waals surface area contributed by atoms with Crippen LogP contribution in [0.4, 0.5) is 0 Å². The second-order valence-electron chi connectivity index (χ2n) is 3.00. The van der Waals surface area contributed by atoms with Crippen molar-refractivity contribution in [3.63, 3.8) is 0 Å². The van der Waals surface area contributed by atoms with E-state index in [0.29, 0.717) is 0 Å². The van der Waals surface area contributed by atoms with Crippen molar-refractivity contribution in [2.24, 2.45) is 5.92 Å². The summed E-state index contributed by atoms with van der Waals surface area (Å²) in [5, 5.41) is 0. The third-order valence-corrected chi connectivity index (χ3v) is 2.22. The van der Waals surface area contributed by atoms with Gasteiger partial charge in [-0.3, -0.25) is 0 Å². The Morgan fingerprint density at radius 2 is 2.40 bits per heavy atom. The number of hydrogen-bond donors (Lipinski definition) is 0. The van der Waals surface area contributed by atoms with Gasteiger partial charge in [-0.2, -0.15) is 0 Å². The molecule has 1 aliphatic heterocycles. The SMILES string of the molecule is CCN1CCC(COC)C1. The van der Waals surface area contributed by atoms with E-state index >= 15 is 0 Å². The lowest BCUT2D eigenvalue weighted by atomic mass is 10.1. The van der Waals surface area contributed by atoms with Gasteiger partial charge in [-0.25, -0.2) is 0 Å². The Morgan fingerprint density at radius 1 is 1.60 bits per heavy atom. The molecule has 0 radical (unpaired) electrons. The van der Waals surface area contributed by atoms with Crippen molar-refractivity contribution in [3.05, 3.63) is 0 Å². The average Bonchev–Trinajstić information content (AvgIpc) is 2.37. The van der Waals surface area contributed by atoms with Gasteiger partial charge < -0.3 is 9.64 Å². The van der Waals surface area contributed by atoms with Gasteiger partial charge in [0, 0.05) is 13.7 Å². The molecule has 1 rings (SSSR count). The fraction of sp³-hybridized carbons (Fsp3) is 1.00. The van der Waals surface area contributed by atoms with Crippen LogP contribution in [0.1, 0.15) is 13.3 Å². The minimum atomic E-state index is 0.796. The lowest BCUT2D eigenvalue weighted by Gasteiger charge is -2.11. The molecule has 0 aromatic rings. The number of methoxy groups -OCH3 is 1. The van der Waals surface area contributed by atoms with Gasteiger partial charge in [0.1, 0.15) is 0 Å². The molecule has 0 aromatic carbocycles. The Hall–Kier alpha value is -0.0800. The van der Waals surface area contributed by atoms with Crippen LogP contribution in [0.25, 0.3) is 0 Å². The van der Waals surface area contributed by atoms with Gasteiger partial charge >= 0.3 is 0 Å². The third kappa shape index (κ3) is 1.96. The Bertz CT molecular complexity index is 95.3. The molecule has 0 aromatic heterocycles. The highest BCUT2D eigenvalue weighted by Crippen LogP contribution is 2.15. The second kappa shape index (κ2) is 3.94. The largest absolute Gasteiger partial charge is 0.384 e. The molecule has 1 heterocycles. The normalized spacial score (nSPS) is 27.6. The van der Waals surface area contributed by atoms with Crippen LogP contribution >= 0.6 is 0 Å². The van der Waals surface area contributed by atoms with Gasteiger partial charge in [0.2, 0.25) is 0 Å². The van der Waals surface area contributed by atoms with Crippen LogP contribution in [-0.2, 0) is 4.74 Å². The summed E-state index contributed by atoms with van der Waals surface area (Å²) in [6.07, 6.45) is 1.32. The molecule has 2 nitrogen and oxygen atoms in total. The Balaban J connectivity index is 2.15. The van der Waals surface area contributed by atoms with Crippen LogP contribution in [0.3, 0.4) is 0 Å². The Morgan fingerprint density at radius 3 is 2.90 bits per heavy atom. The monoisotopic (exact) mass is 143 g/mol. The number of hydrogen-bond acceptors (Lipinski definition) is 2. The highest BCUT2D eigenvalue weighted by atomic mass is 16.5. The molecule has 10 heavy (non-hydrogen) atoms. The average molecular weight is 143 g/mol. The maximum atomic E-state index is 5.09. The van der Waals surface area contributed by atoms with Crippen molar-refractivity contribution >= 4 is 0 Å². The van der Waals surface area contributed by atoms with Crippen molar-refractivity contribution < 1.29 is 4.74 Å². The van der Waals surface area contributed by atoms with Crippen molar-refractivity contribution in [2.75, 3.05) is 33.4 Å². The van der Waals surface area contributed by atoms with Gasteiger partial charge in [-0.15, -0.1) is 0 Å². The molecule has 2 heteroatoms. The Kier molecular flexibility index (Phi) is 3.16. The van der Waals surface area contributed by atoms with Crippen molar-refractivity contribution in [3.8, 4) is 0 Å². The first kappa shape index (κ1) is 8.02. The number of nitrogens with zero attached hydrogens (tertiary/aromatic N) is 1. The van der Waals surface area contributed by atoms with Crippen LogP contribution in [0.2, 0.25) is 0 Å². The van der Waals surface area contributed by atoms with E-state index in [1.165, 1.54) is 26.1 Å². The van der Waals surface area contributed by atoms with E-state index < -0.39 is 0 Å². The molecule has 0 bridgehead atoms. The van der Waals surface area contributed by atoms with Gasteiger partial charge in [0.25, 0.3) is 0 Å². The molecular weight excluding hydrogens is 126 g/mol. The highest BCUT2D eigenvalue weighted by molar-refractivity contribution is 4.73. The predicted molar refractivity (Wildman–Crippen MR) is 42.1 cm³/mol. The quantitative estimate of drug-likeness (QED) is 0.584. The highest BCUT2D eigenvalue weighted by Gasteiger charge is 2.20. The van der Waals surface area contributed by atoms with Crippen LogP contribution in [0, 0.1) is 5.92 Å². The first-order chi connectivity index (χ1) is 4.86. The van der Waals surface area contributed by atoms with Gasteiger partial charge in [0.05, 0.1) is 6.61 Å². The zero-order chi connectivity index (χ0) is 7.40. The summed E-state index contributed by atoms with van der Waals surface area (Å²) >= 11 is 0. The first-order valence-corrected chi connectivity index (χ1v) is 4.08. The lowest BCUT2D eigenvalue weighted by molar-refractivity contribution is 0.154. The van der Waals surface area contributed by atoms with E-state index in [2.05, 4.69) is 11.8 Å². The van der Waals surface area contributed by atoms with E-state index in [0.717, 1.165) is 12.5 Å². The van der Waals surface area contributed by atoms with E-state index in [1.54, 1.807) is 7.11 Å². The van der Waals surface area contributed by atoms with Crippen LogP contribution in [0.15, 0.2) is 0 Å². The topological polar surface area (TPSA) is 12.5 Å². The number of likely N-dealkylation sites (tertiary alicyclic amines) is 1. The molecule has 0 amide bonds. The van der Waals surface area contributed by atoms with E-state index in [1.807, 2.05) is 0 Å². The molecule has 0 N–H and O–H groups in total. The minimum absolute atomic E-state index is 0.796. The van der Waals surface area contributed by atoms with Crippen LogP contribution in [-0.4, -0.2) is 38.3 Å². The van der Waals surface area contributed by atoms with Crippen molar-refractivity contribution in [2.45, 2.75) is 13.3 Å². The second-order valence-corrected chi connectivity index (χ2v) is 3.00. The molecule has 0 saturated carbocycles. The number of ether oxygens (including phenoxy) is 1. The third-order valence-electron chi connectivity index (χ3n) is 2.22. The maximum absolute atomic E-state index is 5.09. The zero-order valence-corrected chi connectivity index (χ0v) is 6.97. The summed E-state index contributed by atoms with van der Waals surface area (Å²) in [5.74, 6) is 0.796. The summed E-state index contributed by atoms with van der Waals surface area (Å²) in [4.78, 5) is 2.48. The summed E-state index contributed by atoms with van der Waals surface area (Å²) in [5.41, 5.74) is 0. The molecule has 1 aliphatic rings. The van der Waals surface area contributed by atoms with Gasteiger partial charge in [-0.1, -0.05) is 6.92 Å². The summed E-state index contributed by atoms with van der Waals surface area (Å²) < 4.78 is 5.09. The fourth-order valence-electron chi connectivity index (χ4n) is 1.57. The first-order valence-electron chi connectivity index (χ1n) is 4.08. The predicted octanol–water partition coefficient (Wildman–Crippen LogP) is 0.975. The molecule has 1 atom stereocenters. The van der Waals surface area contributed by atoms with Crippen LogP contribution in [0.5, 0.6) is 0 Å². The maximum Gasteiger partial charge on any atom is 0.0503 e. The molecule has 60 valence electrons. The summed E-state index contributed by atoms with van der Waals surface area (Å²) in [6, 6.07) is 0. The Labute approximate surface area is 63.2 Å². The molecule has 1 fully saturated rings. The molecule has 1 saturated heterocycles. The summed E-state index contributed by atoms with van der Waals surface area (Å²) in [6.45, 7) is 6.86.